The maximum Gasteiger partial charge on any atom is 0.0355 e. The first-order valence-corrected chi connectivity index (χ1v) is 8.48. The fraction of sp³-hybridized carbons (Fsp3) is 0.500. The molecule has 2 aliphatic carbocycles. The van der Waals surface area contributed by atoms with Crippen LogP contribution in [-0.4, -0.2) is 0 Å². The van der Waals surface area contributed by atoms with Gasteiger partial charge in [0.2, 0.25) is 0 Å². The molecule has 0 spiro atoms. The first kappa shape index (κ1) is 13.3. The van der Waals surface area contributed by atoms with Gasteiger partial charge >= 0.3 is 0 Å². The molecule has 110 valence electrons. The summed E-state index contributed by atoms with van der Waals surface area (Å²) in [7, 11) is 0. The normalized spacial score (nSPS) is 21.6. The Hall–Kier alpha value is -1.34. The molecule has 21 heavy (non-hydrogen) atoms. The van der Waals surface area contributed by atoms with E-state index in [1.807, 2.05) is 0 Å². The van der Waals surface area contributed by atoms with Crippen molar-refractivity contribution in [3.8, 4) is 0 Å². The molecule has 0 radical (unpaired) electrons. The smallest absolute Gasteiger partial charge is 0.0355 e. The van der Waals surface area contributed by atoms with Crippen LogP contribution in [0.15, 0.2) is 30.3 Å². The van der Waals surface area contributed by atoms with Gasteiger partial charge in [-0.15, -0.1) is 0 Å². The summed E-state index contributed by atoms with van der Waals surface area (Å²) in [5.74, 6) is 0. The molecule has 1 atom stereocenters. The average molecular weight is 279 g/mol. The molecule has 2 N–H and O–H groups in total. The fourth-order valence-corrected chi connectivity index (χ4v) is 4.59. The van der Waals surface area contributed by atoms with E-state index in [0.29, 0.717) is 0 Å². The first-order chi connectivity index (χ1) is 10.2. The van der Waals surface area contributed by atoms with Gasteiger partial charge < -0.3 is 5.73 Å². The van der Waals surface area contributed by atoms with Gasteiger partial charge in [-0.05, 0) is 58.6 Å². The summed E-state index contributed by atoms with van der Waals surface area (Å²) in [6.07, 6.45) is 9.00. The first-order valence-electron chi connectivity index (χ1n) is 8.48. The molecule has 2 aliphatic rings. The van der Waals surface area contributed by atoms with Crippen LogP contribution >= 0.6 is 0 Å². The van der Waals surface area contributed by atoms with Crippen LogP contribution in [0.3, 0.4) is 0 Å². The second kappa shape index (κ2) is 4.84. The van der Waals surface area contributed by atoms with Crippen LogP contribution in [0.5, 0.6) is 0 Å². The molecule has 0 aromatic heterocycles. The monoisotopic (exact) mass is 279 g/mol. The van der Waals surface area contributed by atoms with Crippen molar-refractivity contribution in [1.29, 1.82) is 0 Å². The number of rotatable bonds is 2. The van der Waals surface area contributed by atoms with Gasteiger partial charge in [0, 0.05) is 6.04 Å². The quantitative estimate of drug-likeness (QED) is 0.830. The Morgan fingerprint density at radius 1 is 0.952 bits per heavy atom. The van der Waals surface area contributed by atoms with Crippen molar-refractivity contribution in [3.05, 3.63) is 47.0 Å². The SMILES string of the molecule is CC1(C(N)c2ccc3c4c(cccc24)CC3)CCCCC1. The van der Waals surface area contributed by atoms with Crippen LogP contribution in [0.2, 0.25) is 0 Å². The number of nitrogens with two attached hydrogens (primary N) is 1. The Balaban J connectivity index is 1.84. The lowest BCUT2D eigenvalue weighted by Gasteiger charge is -2.39. The summed E-state index contributed by atoms with van der Waals surface area (Å²) < 4.78 is 0. The summed E-state index contributed by atoms with van der Waals surface area (Å²) in [6.45, 7) is 2.40. The van der Waals surface area contributed by atoms with Crippen LogP contribution in [0.1, 0.15) is 61.8 Å². The minimum Gasteiger partial charge on any atom is -0.323 e. The number of hydrogen-bond acceptors (Lipinski definition) is 1. The van der Waals surface area contributed by atoms with Crippen LogP contribution < -0.4 is 5.73 Å². The van der Waals surface area contributed by atoms with Crippen LogP contribution in [0, 0.1) is 5.41 Å². The minimum atomic E-state index is 0.169. The zero-order valence-electron chi connectivity index (χ0n) is 13.0. The molecule has 0 heterocycles. The van der Waals surface area contributed by atoms with E-state index in [1.165, 1.54) is 72.4 Å². The lowest BCUT2D eigenvalue weighted by molar-refractivity contribution is 0.171. The van der Waals surface area contributed by atoms with Gasteiger partial charge in [0.25, 0.3) is 0 Å². The van der Waals surface area contributed by atoms with E-state index in [4.69, 9.17) is 5.73 Å². The third-order valence-electron chi connectivity index (χ3n) is 5.99. The maximum atomic E-state index is 6.79. The van der Waals surface area contributed by atoms with Crippen molar-refractivity contribution in [2.75, 3.05) is 0 Å². The van der Waals surface area contributed by atoms with Crippen molar-refractivity contribution in [3.63, 3.8) is 0 Å². The Bertz CT molecular complexity index is 669. The standard InChI is InChI=1S/C20H25N/c1-20(12-3-2-4-13-20)19(21)17-11-10-15-9-8-14-6-5-7-16(17)18(14)15/h5-7,10-11,19H,2-4,8-9,12-13,21H2,1H3. The summed E-state index contributed by atoms with van der Waals surface area (Å²) >= 11 is 0. The topological polar surface area (TPSA) is 26.0 Å². The van der Waals surface area contributed by atoms with Gasteiger partial charge in [-0.25, -0.2) is 0 Å². The Morgan fingerprint density at radius 3 is 2.43 bits per heavy atom. The molecule has 1 fully saturated rings. The number of aryl methyl sites for hydroxylation is 2. The maximum absolute atomic E-state index is 6.79. The second-order valence-corrected chi connectivity index (χ2v) is 7.35. The van der Waals surface area contributed by atoms with Crippen LogP contribution in [0.25, 0.3) is 10.8 Å². The summed E-state index contributed by atoms with van der Waals surface area (Å²) in [5.41, 5.74) is 11.5. The molecule has 1 nitrogen and oxygen atoms in total. The van der Waals surface area contributed by atoms with Gasteiger partial charge in [-0.2, -0.15) is 0 Å². The predicted octanol–water partition coefficient (Wildman–Crippen LogP) is 4.91. The van der Waals surface area contributed by atoms with E-state index >= 15 is 0 Å². The summed E-state index contributed by atoms with van der Waals surface area (Å²) in [6, 6.07) is 11.6. The van der Waals surface area contributed by atoms with Crippen molar-refractivity contribution < 1.29 is 0 Å². The molecular formula is C20H25N. The van der Waals surface area contributed by atoms with E-state index in [0.717, 1.165) is 0 Å². The van der Waals surface area contributed by atoms with Gasteiger partial charge in [0.15, 0.2) is 0 Å². The fourth-order valence-electron chi connectivity index (χ4n) is 4.59. The zero-order valence-corrected chi connectivity index (χ0v) is 13.0. The molecule has 4 rings (SSSR count). The molecular weight excluding hydrogens is 254 g/mol. The number of hydrogen-bond donors (Lipinski definition) is 1. The van der Waals surface area contributed by atoms with Crippen LogP contribution in [-0.2, 0) is 12.8 Å². The molecule has 1 unspecified atom stereocenters. The Morgan fingerprint density at radius 2 is 1.67 bits per heavy atom. The minimum absolute atomic E-state index is 0.169. The van der Waals surface area contributed by atoms with Gasteiger partial charge in [0.05, 0.1) is 0 Å². The van der Waals surface area contributed by atoms with Crippen molar-refractivity contribution >= 4 is 10.8 Å². The molecule has 0 aliphatic heterocycles. The van der Waals surface area contributed by atoms with Crippen molar-refractivity contribution in [2.45, 2.75) is 57.9 Å². The van der Waals surface area contributed by atoms with Crippen molar-refractivity contribution in [2.24, 2.45) is 11.1 Å². The molecule has 2 aromatic rings. The lowest BCUT2D eigenvalue weighted by Crippen LogP contribution is -2.34. The van der Waals surface area contributed by atoms with Gasteiger partial charge in [0.1, 0.15) is 0 Å². The van der Waals surface area contributed by atoms with E-state index in [1.54, 1.807) is 0 Å². The molecule has 0 bridgehead atoms. The lowest BCUT2D eigenvalue weighted by atomic mass is 9.68. The molecule has 0 amide bonds. The largest absolute Gasteiger partial charge is 0.323 e. The van der Waals surface area contributed by atoms with E-state index < -0.39 is 0 Å². The summed E-state index contributed by atoms with van der Waals surface area (Å²) in [4.78, 5) is 0. The van der Waals surface area contributed by atoms with E-state index in [-0.39, 0.29) is 11.5 Å². The van der Waals surface area contributed by atoms with E-state index in [2.05, 4.69) is 37.3 Å². The predicted molar refractivity (Wildman–Crippen MR) is 89.5 cm³/mol. The highest BCUT2D eigenvalue weighted by Gasteiger charge is 2.35. The molecule has 0 saturated heterocycles. The van der Waals surface area contributed by atoms with Gasteiger partial charge in [-0.1, -0.05) is 56.5 Å². The molecule has 1 saturated carbocycles. The second-order valence-electron chi connectivity index (χ2n) is 7.35. The summed E-state index contributed by atoms with van der Waals surface area (Å²) in [5, 5.41) is 2.92. The number of benzene rings is 2. The molecule has 2 aromatic carbocycles. The van der Waals surface area contributed by atoms with E-state index in [9.17, 15) is 0 Å². The van der Waals surface area contributed by atoms with Crippen molar-refractivity contribution in [1.82, 2.24) is 0 Å². The highest BCUT2D eigenvalue weighted by atomic mass is 14.7. The highest BCUT2D eigenvalue weighted by Crippen LogP contribution is 2.46. The van der Waals surface area contributed by atoms with Gasteiger partial charge in [-0.3, -0.25) is 0 Å². The third kappa shape index (κ3) is 2.02. The van der Waals surface area contributed by atoms with Crippen LogP contribution in [0.4, 0.5) is 0 Å². The Kier molecular flexibility index (Phi) is 3.08. The molecule has 1 heteroatoms. The zero-order chi connectivity index (χ0) is 14.4. The average Bonchev–Trinajstić information content (AvgIpc) is 2.93. The Labute approximate surface area is 127 Å². The third-order valence-corrected chi connectivity index (χ3v) is 5.99. The highest BCUT2D eigenvalue weighted by molar-refractivity contribution is 5.93.